The minimum Gasteiger partial charge on any atom is -0.373 e. The highest BCUT2D eigenvalue weighted by Gasteiger charge is 2.29. The first kappa shape index (κ1) is 15.5. The lowest BCUT2D eigenvalue weighted by molar-refractivity contribution is -0.126. The Balaban J connectivity index is 2.00. The number of nitriles is 1. The summed E-state index contributed by atoms with van der Waals surface area (Å²) >= 11 is 0. The van der Waals surface area contributed by atoms with Crippen molar-refractivity contribution in [3.63, 3.8) is 0 Å². The van der Waals surface area contributed by atoms with E-state index >= 15 is 0 Å². The minimum atomic E-state index is -0.232. The van der Waals surface area contributed by atoms with Gasteiger partial charge in [0, 0.05) is 18.8 Å². The zero-order chi connectivity index (χ0) is 15.4. The van der Waals surface area contributed by atoms with Crippen LogP contribution in [0, 0.1) is 11.3 Å². The molecule has 1 saturated heterocycles. The summed E-state index contributed by atoms with van der Waals surface area (Å²) in [4.78, 5) is 14.5. The summed E-state index contributed by atoms with van der Waals surface area (Å²) in [6, 6.07) is 8.77. The van der Waals surface area contributed by atoms with Gasteiger partial charge in [-0.3, -0.25) is 9.69 Å². The fourth-order valence-electron chi connectivity index (χ4n) is 2.61. The quantitative estimate of drug-likeness (QED) is 0.923. The van der Waals surface area contributed by atoms with Crippen molar-refractivity contribution in [2.75, 3.05) is 18.4 Å². The highest BCUT2D eigenvalue weighted by Crippen LogP contribution is 2.16. The SMILES string of the molecule is CC(C(=O)Nc1cccc(C#N)c1)N1C[C@@H](C)O[C@@H](C)C1. The van der Waals surface area contributed by atoms with Gasteiger partial charge in [-0.25, -0.2) is 0 Å². The molecule has 0 bridgehead atoms. The molecule has 0 spiro atoms. The molecule has 21 heavy (non-hydrogen) atoms. The number of morpholine rings is 1. The van der Waals surface area contributed by atoms with Crippen molar-refractivity contribution in [3.05, 3.63) is 29.8 Å². The number of carbonyl (C=O) groups excluding carboxylic acids is 1. The summed E-state index contributed by atoms with van der Waals surface area (Å²) in [6.45, 7) is 7.43. The van der Waals surface area contributed by atoms with Gasteiger partial charge in [0.2, 0.25) is 5.91 Å². The van der Waals surface area contributed by atoms with Gasteiger partial charge in [0.1, 0.15) is 0 Å². The van der Waals surface area contributed by atoms with E-state index in [9.17, 15) is 4.79 Å². The molecule has 1 heterocycles. The highest BCUT2D eigenvalue weighted by molar-refractivity contribution is 5.94. The number of carbonyl (C=O) groups is 1. The molecular weight excluding hydrogens is 266 g/mol. The van der Waals surface area contributed by atoms with E-state index in [4.69, 9.17) is 10.00 Å². The summed E-state index contributed by atoms with van der Waals surface area (Å²) in [5.74, 6) is -0.0635. The Hall–Kier alpha value is -1.90. The van der Waals surface area contributed by atoms with Gasteiger partial charge in [-0.15, -0.1) is 0 Å². The predicted octanol–water partition coefficient (Wildman–Crippen LogP) is 1.99. The third kappa shape index (κ3) is 4.03. The lowest BCUT2D eigenvalue weighted by atomic mass is 10.1. The van der Waals surface area contributed by atoms with Gasteiger partial charge >= 0.3 is 0 Å². The van der Waals surface area contributed by atoms with Gasteiger partial charge in [-0.05, 0) is 39.0 Å². The van der Waals surface area contributed by atoms with Crippen LogP contribution in [0.1, 0.15) is 26.3 Å². The first-order valence-corrected chi connectivity index (χ1v) is 7.20. The second-order valence-corrected chi connectivity index (χ2v) is 5.57. The van der Waals surface area contributed by atoms with Crippen molar-refractivity contribution in [2.45, 2.75) is 39.0 Å². The molecule has 0 saturated carbocycles. The number of anilines is 1. The smallest absolute Gasteiger partial charge is 0.241 e. The Kier molecular flexibility index (Phi) is 4.94. The Morgan fingerprint density at radius 1 is 1.43 bits per heavy atom. The summed E-state index contributed by atoms with van der Waals surface area (Å²) in [5.41, 5.74) is 1.19. The monoisotopic (exact) mass is 287 g/mol. The normalized spacial score (nSPS) is 24.1. The number of amides is 1. The Morgan fingerprint density at radius 3 is 2.71 bits per heavy atom. The second kappa shape index (κ2) is 6.70. The van der Waals surface area contributed by atoms with Gasteiger partial charge in [0.15, 0.2) is 0 Å². The molecule has 1 aliphatic heterocycles. The van der Waals surface area contributed by atoms with Crippen LogP contribution in [0.3, 0.4) is 0 Å². The van der Waals surface area contributed by atoms with Gasteiger partial charge in [-0.1, -0.05) is 6.07 Å². The van der Waals surface area contributed by atoms with Crippen molar-refractivity contribution in [1.82, 2.24) is 4.90 Å². The van der Waals surface area contributed by atoms with E-state index in [2.05, 4.69) is 16.3 Å². The van der Waals surface area contributed by atoms with Crippen LogP contribution in [0.25, 0.3) is 0 Å². The lowest BCUT2D eigenvalue weighted by Gasteiger charge is -2.38. The van der Waals surface area contributed by atoms with Crippen LogP contribution in [-0.2, 0) is 9.53 Å². The molecule has 1 aromatic carbocycles. The summed E-state index contributed by atoms with van der Waals surface area (Å²) in [7, 11) is 0. The van der Waals surface area contributed by atoms with Crippen LogP contribution in [-0.4, -0.2) is 42.1 Å². The largest absolute Gasteiger partial charge is 0.373 e. The third-order valence-electron chi connectivity index (χ3n) is 3.63. The molecular formula is C16H21N3O2. The molecule has 1 aliphatic rings. The molecule has 1 amide bonds. The Morgan fingerprint density at radius 2 is 2.10 bits per heavy atom. The summed E-state index contributed by atoms with van der Waals surface area (Å²) < 4.78 is 5.69. The van der Waals surface area contributed by atoms with Crippen LogP contribution < -0.4 is 5.32 Å². The van der Waals surface area contributed by atoms with E-state index in [1.54, 1.807) is 24.3 Å². The number of ether oxygens (including phenoxy) is 1. The van der Waals surface area contributed by atoms with E-state index < -0.39 is 0 Å². The van der Waals surface area contributed by atoms with Gasteiger partial charge < -0.3 is 10.1 Å². The molecule has 3 atom stereocenters. The average molecular weight is 287 g/mol. The molecule has 5 nitrogen and oxygen atoms in total. The fraction of sp³-hybridized carbons (Fsp3) is 0.500. The standard InChI is InChI=1S/C16H21N3O2/c1-11-9-19(10-12(2)21-11)13(3)16(20)18-15-6-4-5-14(7-15)8-17/h4-7,11-13H,9-10H2,1-3H3,(H,18,20)/t11-,12+,13?. The maximum Gasteiger partial charge on any atom is 0.241 e. The number of rotatable bonds is 3. The van der Waals surface area contributed by atoms with E-state index in [0.717, 1.165) is 13.1 Å². The number of hydrogen-bond acceptors (Lipinski definition) is 4. The van der Waals surface area contributed by atoms with Crippen LogP contribution in [0.15, 0.2) is 24.3 Å². The van der Waals surface area contributed by atoms with Gasteiger partial charge in [0.25, 0.3) is 0 Å². The second-order valence-electron chi connectivity index (χ2n) is 5.57. The molecule has 112 valence electrons. The van der Waals surface area contributed by atoms with Crippen LogP contribution in [0.5, 0.6) is 0 Å². The first-order valence-electron chi connectivity index (χ1n) is 7.20. The molecule has 1 fully saturated rings. The minimum absolute atomic E-state index is 0.0635. The zero-order valence-electron chi connectivity index (χ0n) is 12.7. The molecule has 2 rings (SSSR count). The van der Waals surface area contributed by atoms with Crippen molar-refractivity contribution in [2.24, 2.45) is 0 Å². The molecule has 5 heteroatoms. The van der Waals surface area contributed by atoms with Gasteiger partial charge in [-0.2, -0.15) is 5.26 Å². The number of hydrogen-bond donors (Lipinski definition) is 1. The Bertz CT molecular complexity index is 543. The fourth-order valence-corrected chi connectivity index (χ4v) is 2.61. The van der Waals surface area contributed by atoms with Crippen LogP contribution in [0.4, 0.5) is 5.69 Å². The zero-order valence-corrected chi connectivity index (χ0v) is 12.7. The molecule has 0 aliphatic carbocycles. The van der Waals surface area contributed by atoms with Crippen molar-refractivity contribution < 1.29 is 9.53 Å². The van der Waals surface area contributed by atoms with Crippen LogP contribution in [0.2, 0.25) is 0 Å². The maximum absolute atomic E-state index is 12.3. The van der Waals surface area contributed by atoms with Gasteiger partial charge in [0.05, 0.1) is 29.9 Å². The lowest BCUT2D eigenvalue weighted by Crippen LogP contribution is -2.52. The average Bonchev–Trinajstić information content (AvgIpc) is 2.45. The number of nitrogens with zero attached hydrogens (tertiary/aromatic N) is 2. The molecule has 0 aromatic heterocycles. The third-order valence-corrected chi connectivity index (χ3v) is 3.63. The van der Waals surface area contributed by atoms with Crippen molar-refractivity contribution >= 4 is 11.6 Å². The number of nitrogens with one attached hydrogen (secondary N) is 1. The highest BCUT2D eigenvalue weighted by atomic mass is 16.5. The molecule has 1 unspecified atom stereocenters. The predicted molar refractivity (Wildman–Crippen MR) is 80.8 cm³/mol. The van der Waals surface area contributed by atoms with Crippen LogP contribution >= 0.6 is 0 Å². The topological polar surface area (TPSA) is 65.4 Å². The summed E-state index contributed by atoms with van der Waals surface area (Å²) in [6.07, 6.45) is 0.261. The summed E-state index contributed by atoms with van der Waals surface area (Å²) in [5, 5.41) is 11.8. The van der Waals surface area contributed by atoms with Crippen molar-refractivity contribution in [3.8, 4) is 6.07 Å². The molecule has 0 radical (unpaired) electrons. The van der Waals surface area contributed by atoms with Crippen molar-refractivity contribution in [1.29, 1.82) is 5.26 Å². The number of benzene rings is 1. The van der Waals surface area contributed by atoms with E-state index in [0.29, 0.717) is 11.3 Å². The van der Waals surface area contributed by atoms with E-state index in [1.807, 2.05) is 20.8 Å². The molecule has 1 aromatic rings. The Labute approximate surface area is 125 Å². The maximum atomic E-state index is 12.3. The van der Waals surface area contributed by atoms with E-state index in [-0.39, 0.29) is 24.2 Å². The van der Waals surface area contributed by atoms with E-state index in [1.165, 1.54) is 0 Å². The first-order chi connectivity index (χ1) is 9.99. The molecule has 1 N–H and O–H groups in total.